The Balaban J connectivity index is 3.32. The minimum Gasteiger partial charge on any atom is -0.473 e. The van der Waals surface area contributed by atoms with E-state index in [1.54, 1.807) is 0 Å². The molecule has 0 bridgehead atoms. The molecule has 0 aromatic heterocycles. The Kier molecular flexibility index (Phi) is 5.03. The number of ether oxygens (including phenoxy) is 1. The highest BCUT2D eigenvalue weighted by molar-refractivity contribution is 6.28. The summed E-state index contributed by atoms with van der Waals surface area (Å²) in [6, 6.07) is 0. The molecule has 0 aliphatic carbocycles. The average molecular weight is 175 g/mol. The molecule has 0 heterocycles. The predicted molar refractivity (Wildman–Crippen MR) is 41.8 cm³/mol. The van der Waals surface area contributed by atoms with Crippen LogP contribution in [0.3, 0.4) is 0 Å². The van der Waals surface area contributed by atoms with Crippen LogP contribution in [0, 0.1) is 0 Å². The smallest absolute Gasteiger partial charge is 0.417 e. The van der Waals surface area contributed by atoms with Crippen molar-refractivity contribution in [2.75, 3.05) is 27.2 Å². The third-order valence-corrected chi connectivity index (χ3v) is 1.16. The van der Waals surface area contributed by atoms with Gasteiger partial charge in [-0.25, -0.2) is 9.59 Å². The number of nitrogens with zero attached hydrogens (tertiary/aromatic N) is 1. The van der Waals surface area contributed by atoms with E-state index in [9.17, 15) is 9.59 Å². The van der Waals surface area contributed by atoms with Crippen molar-refractivity contribution in [2.24, 2.45) is 0 Å². The summed E-state index contributed by atoms with van der Waals surface area (Å²) in [5.41, 5.74) is 0. The van der Waals surface area contributed by atoms with Gasteiger partial charge in [-0.05, 0) is 20.5 Å². The van der Waals surface area contributed by atoms with Gasteiger partial charge in [-0.15, -0.1) is 0 Å². The summed E-state index contributed by atoms with van der Waals surface area (Å²) in [5, 5.41) is 8.11. The highest BCUT2D eigenvalue weighted by Crippen LogP contribution is 1.86. The molecule has 0 atom stereocenters. The number of carbonyl (C=O) groups is 2. The maximum absolute atomic E-state index is 10.4. The summed E-state index contributed by atoms with van der Waals surface area (Å²) >= 11 is 0. The SMILES string of the molecule is CN(C)CCCOC(=O)C(=O)O. The second-order valence-electron chi connectivity index (χ2n) is 2.60. The molecule has 0 fully saturated rings. The molecule has 0 saturated carbocycles. The van der Waals surface area contributed by atoms with Crippen molar-refractivity contribution < 1.29 is 19.4 Å². The molecule has 0 aromatic carbocycles. The molecule has 0 aliphatic heterocycles. The molecule has 0 spiro atoms. The van der Waals surface area contributed by atoms with E-state index in [0.29, 0.717) is 6.42 Å². The lowest BCUT2D eigenvalue weighted by molar-refractivity contribution is -0.163. The Morgan fingerprint density at radius 1 is 1.42 bits per heavy atom. The van der Waals surface area contributed by atoms with Crippen molar-refractivity contribution >= 4 is 11.9 Å². The highest BCUT2D eigenvalue weighted by Gasteiger charge is 2.11. The van der Waals surface area contributed by atoms with Crippen LogP contribution in [0.2, 0.25) is 0 Å². The van der Waals surface area contributed by atoms with Gasteiger partial charge in [-0.3, -0.25) is 0 Å². The summed E-state index contributed by atoms with van der Waals surface area (Å²) in [6.07, 6.45) is 0.645. The number of esters is 1. The molecule has 0 saturated heterocycles. The number of carboxylic acid groups (broad SMARTS) is 1. The minimum atomic E-state index is -1.54. The molecule has 0 rings (SSSR count). The Morgan fingerprint density at radius 3 is 2.42 bits per heavy atom. The Bertz CT molecular complexity index is 167. The molecule has 12 heavy (non-hydrogen) atoms. The fraction of sp³-hybridized carbons (Fsp3) is 0.714. The molecule has 5 nitrogen and oxygen atoms in total. The van der Waals surface area contributed by atoms with Crippen LogP contribution in [0.25, 0.3) is 0 Å². The van der Waals surface area contributed by atoms with Crippen LogP contribution >= 0.6 is 0 Å². The molecule has 0 aliphatic rings. The first-order valence-electron chi connectivity index (χ1n) is 3.59. The number of hydrogen-bond acceptors (Lipinski definition) is 4. The topological polar surface area (TPSA) is 66.8 Å². The van der Waals surface area contributed by atoms with Gasteiger partial charge >= 0.3 is 11.9 Å². The van der Waals surface area contributed by atoms with Gasteiger partial charge in [-0.2, -0.15) is 0 Å². The Morgan fingerprint density at radius 2 is 2.00 bits per heavy atom. The molecule has 0 amide bonds. The minimum absolute atomic E-state index is 0.156. The average Bonchev–Trinajstić information content (AvgIpc) is 1.97. The molecule has 70 valence electrons. The van der Waals surface area contributed by atoms with E-state index in [4.69, 9.17) is 5.11 Å². The number of rotatable bonds is 4. The zero-order valence-electron chi connectivity index (χ0n) is 7.24. The van der Waals surface area contributed by atoms with E-state index < -0.39 is 11.9 Å². The highest BCUT2D eigenvalue weighted by atomic mass is 16.6. The summed E-state index contributed by atoms with van der Waals surface area (Å²) in [7, 11) is 3.78. The van der Waals surface area contributed by atoms with E-state index in [1.807, 2.05) is 19.0 Å². The lowest BCUT2D eigenvalue weighted by Crippen LogP contribution is -2.20. The van der Waals surface area contributed by atoms with Crippen LogP contribution in [0.1, 0.15) is 6.42 Å². The molecule has 1 N–H and O–H groups in total. The number of hydrogen-bond donors (Lipinski definition) is 1. The third kappa shape index (κ3) is 5.67. The van der Waals surface area contributed by atoms with Gasteiger partial charge in [0, 0.05) is 6.54 Å². The zero-order valence-corrected chi connectivity index (χ0v) is 7.24. The summed E-state index contributed by atoms with van der Waals surface area (Å²) in [5.74, 6) is -2.73. The molecule has 5 heteroatoms. The monoisotopic (exact) mass is 175 g/mol. The van der Waals surface area contributed by atoms with Crippen LogP contribution in [-0.4, -0.2) is 49.2 Å². The van der Waals surface area contributed by atoms with Crippen molar-refractivity contribution in [2.45, 2.75) is 6.42 Å². The van der Waals surface area contributed by atoms with Crippen LogP contribution in [0.15, 0.2) is 0 Å². The van der Waals surface area contributed by atoms with Crippen LogP contribution in [0.4, 0.5) is 0 Å². The van der Waals surface area contributed by atoms with E-state index in [1.165, 1.54) is 0 Å². The lowest BCUT2D eigenvalue weighted by atomic mass is 10.4. The van der Waals surface area contributed by atoms with Crippen LogP contribution < -0.4 is 0 Å². The third-order valence-electron chi connectivity index (χ3n) is 1.16. The first-order chi connectivity index (χ1) is 5.54. The summed E-state index contributed by atoms with van der Waals surface area (Å²) in [6.45, 7) is 0.927. The number of aliphatic carboxylic acids is 1. The van der Waals surface area contributed by atoms with Gasteiger partial charge in [0.05, 0.1) is 6.61 Å². The van der Waals surface area contributed by atoms with E-state index in [2.05, 4.69) is 4.74 Å². The second-order valence-corrected chi connectivity index (χ2v) is 2.60. The van der Waals surface area contributed by atoms with Gasteiger partial charge in [-0.1, -0.05) is 0 Å². The van der Waals surface area contributed by atoms with Crippen molar-refractivity contribution in [1.82, 2.24) is 4.90 Å². The van der Waals surface area contributed by atoms with Crippen LogP contribution in [-0.2, 0) is 14.3 Å². The van der Waals surface area contributed by atoms with Gasteiger partial charge < -0.3 is 14.7 Å². The van der Waals surface area contributed by atoms with Gasteiger partial charge in [0.2, 0.25) is 0 Å². The molecule has 0 aromatic rings. The quantitative estimate of drug-likeness (QED) is 0.356. The normalized spacial score (nSPS) is 9.92. The summed E-state index contributed by atoms with van der Waals surface area (Å²) < 4.78 is 4.39. The lowest BCUT2D eigenvalue weighted by Gasteiger charge is -2.08. The number of carbonyl (C=O) groups excluding carboxylic acids is 1. The predicted octanol–water partition coefficient (Wildman–Crippen LogP) is -0.434. The molecule has 0 unspecified atom stereocenters. The van der Waals surface area contributed by atoms with Gasteiger partial charge in [0.1, 0.15) is 0 Å². The van der Waals surface area contributed by atoms with E-state index in [0.717, 1.165) is 6.54 Å². The molecular weight excluding hydrogens is 162 g/mol. The van der Waals surface area contributed by atoms with Crippen molar-refractivity contribution in [3.05, 3.63) is 0 Å². The second kappa shape index (κ2) is 5.54. The maximum atomic E-state index is 10.4. The van der Waals surface area contributed by atoms with Crippen molar-refractivity contribution in [1.29, 1.82) is 0 Å². The van der Waals surface area contributed by atoms with E-state index >= 15 is 0 Å². The summed E-state index contributed by atoms with van der Waals surface area (Å²) in [4.78, 5) is 22.2. The molecular formula is C7H13NO4. The largest absolute Gasteiger partial charge is 0.473 e. The zero-order chi connectivity index (χ0) is 9.56. The first kappa shape index (κ1) is 10.9. The number of carboxylic acids is 1. The standard InChI is InChI=1S/C7H13NO4/c1-8(2)4-3-5-12-7(11)6(9)10/h3-5H2,1-2H3,(H,9,10). The Hall–Kier alpha value is -1.10. The van der Waals surface area contributed by atoms with Crippen LogP contribution in [0.5, 0.6) is 0 Å². The van der Waals surface area contributed by atoms with Crippen molar-refractivity contribution in [3.8, 4) is 0 Å². The van der Waals surface area contributed by atoms with Crippen molar-refractivity contribution in [3.63, 3.8) is 0 Å². The molecule has 0 radical (unpaired) electrons. The fourth-order valence-corrected chi connectivity index (χ4v) is 0.607. The van der Waals surface area contributed by atoms with Gasteiger partial charge in [0.25, 0.3) is 0 Å². The Labute approximate surface area is 70.9 Å². The van der Waals surface area contributed by atoms with Gasteiger partial charge in [0.15, 0.2) is 0 Å². The maximum Gasteiger partial charge on any atom is 0.417 e. The van der Waals surface area contributed by atoms with E-state index in [-0.39, 0.29) is 6.61 Å². The first-order valence-corrected chi connectivity index (χ1v) is 3.59. The fourth-order valence-electron chi connectivity index (χ4n) is 0.607.